The smallest absolute Gasteiger partial charge is 0.234 e. The quantitative estimate of drug-likeness (QED) is 0.273. The van der Waals surface area contributed by atoms with Gasteiger partial charge in [-0.15, -0.1) is 0 Å². The van der Waals surface area contributed by atoms with Crippen LogP contribution in [-0.4, -0.2) is 17.9 Å². The summed E-state index contributed by atoms with van der Waals surface area (Å²) in [5.74, 6) is 1.11. The molecule has 0 heterocycles. The van der Waals surface area contributed by atoms with Crippen molar-refractivity contribution in [2.75, 3.05) is 16.5 Å². The Kier molecular flexibility index (Phi) is 5.71. The number of nitrogen functional groups attached to an aromatic ring is 1. The lowest BCUT2D eigenvalue weighted by molar-refractivity contribution is -0.107. The minimum absolute atomic E-state index is 0.304. The number of hydrogen-bond acceptors (Lipinski definition) is 4. The Labute approximate surface area is 113 Å². The molecule has 1 rings (SSSR count). The van der Waals surface area contributed by atoms with Crippen LogP contribution in [0.15, 0.2) is 29.4 Å². The first-order chi connectivity index (χ1) is 8.58. The maximum Gasteiger partial charge on any atom is 0.234 e. The lowest BCUT2D eigenvalue weighted by Crippen LogP contribution is -2.19. The van der Waals surface area contributed by atoms with Gasteiger partial charge in [-0.2, -0.15) is 17.7 Å². The molecule has 2 N–H and O–H groups in total. The summed E-state index contributed by atoms with van der Waals surface area (Å²) in [4.78, 5) is 11.1. The lowest BCUT2D eigenvalue weighted by atomic mass is 10.0. The minimum Gasteiger partial charge on any atom is -0.399 e. The topological polar surface area (TPSA) is 58.7 Å². The van der Waals surface area contributed by atoms with E-state index >= 15 is 0 Å². The van der Waals surface area contributed by atoms with Crippen molar-refractivity contribution < 1.29 is 4.79 Å². The molecule has 1 atom stereocenters. The number of benzene rings is 1. The zero-order valence-corrected chi connectivity index (χ0v) is 11.6. The molecule has 1 unspecified atom stereocenters. The largest absolute Gasteiger partial charge is 0.399 e. The van der Waals surface area contributed by atoms with E-state index < -0.39 is 0 Å². The zero-order valence-electron chi connectivity index (χ0n) is 10.7. The van der Waals surface area contributed by atoms with E-state index in [9.17, 15) is 4.79 Å². The highest BCUT2D eigenvalue weighted by Crippen LogP contribution is 2.16. The molecule has 0 spiro atoms. The number of hydrazone groups is 1. The molecule has 0 radical (unpaired) electrons. The van der Waals surface area contributed by atoms with Gasteiger partial charge in [0.25, 0.3) is 0 Å². The monoisotopic (exact) mass is 265 g/mol. The number of hydrogen-bond donors (Lipinski definition) is 2. The lowest BCUT2D eigenvalue weighted by Gasteiger charge is -2.16. The third-order valence-electron chi connectivity index (χ3n) is 2.80. The maximum atomic E-state index is 11.1. The molecule has 1 aromatic rings. The fourth-order valence-corrected chi connectivity index (χ4v) is 1.83. The normalized spacial score (nSPS) is 13.2. The number of amides is 1. The van der Waals surface area contributed by atoms with Gasteiger partial charge in [-0.25, -0.2) is 5.01 Å². The van der Waals surface area contributed by atoms with E-state index in [1.54, 1.807) is 24.3 Å². The summed E-state index contributed by atoms with van der Waals surface area (Å²) in [5, 5.41) is 5.64. The molecule has 98 valence electrons. The van der Waals surface area contributed by atoms with Crippen molar-refractivity contribution in [2.45, 2.75) is 20.3 Å². The summed E-state index contributed by atoms with van der Waals surface area (Å²) in [6.07, 6.45) is 1.63. The molecule has 0 fully saturated rings. The van der Waals surface area contributed by atoms with Gasteiger partial charge in [-0.3, -0.25) is 4.79 Å². The van der Waals surface area contributed by atoms with Gasteiger partial charge in [0.2, 0.25) is 6.41 Å². The summed E-state index contributed by atoms with van der Waals surface area (Å²) in [6.45, 7) is 3.99. The first kappa shape index (κ1) is 14.6. The highest BCUT2D eigenvalue weighted by atomic mass is 32.1. The molecule has 0 aromatic heterocycles. The van der Waals surface area contributed by atoms with Crippen molar-refractivity contribution >= 4 is 36.1 Å². The summed E-state index contributed by atoms with van der Waals surface area (Å²) >= 11 is 4.20. The Balaban J connectivity index is 2.87. The van der Waals surface area contributed by atoms with Gasteiger partial charge in [-0.05, 0) is 49.3 Å². The van der Waals surface area contributed by atoms with Crippen molar-refractivity contribution in [1.29, 1.82) is 0 Å². The molecule has 0 aliphatic heterocycles. The Morgan fingerprint density at radius 2 is 2.11 bits per heavy atom. The van der Waals surface area contributed by atoms with Crippen LogP contribution < -0.4 is 10.7 Å². The van der Waals surface area contributed by atoms with E-state index in [1.165, 1.54) is 5.01 Å². The van der Waals surface area contributed by atoms with E-state index in [0.717, 1.165) is 17.9 Å². The number of nitrogens with zero attached hydrogens (tertiary/aromatic N) is 2. The first-order valence-corrected chi connectivity index (χ1v) is 6.47. The Bertz CT molecular complexity index is 417. The Morgan fingerprint density at radius 3 is 2.61 bits per heavy atom. The Morgan fingerprint density at radius 1 is 1.50 bits per heavy atom. The first-order valence-electron chi connectivity index (χ1n) is 5.84. The highest BCUT2D eigenvalue weighted by molar-refractivity contribution is 7.80. The van der Waals surface area contributed by atoms with E-state index in [-0.39, 0.29) is 0 Å². The molecule has 4 nitrogen and oxygen atoms in total. The van der Waals surface area contributed by atoms with Crippen LogP contribution in [0.4, 0.5) is 11.4 Å². The Hall–Kier alpha value is -1.49. The number of nitrogens with two attached hydrogens (primary N) is 1. The third-order valence-corrected chi connectivity index (χ3v) is 3.06. The average molecular weight is 265 g/mol. The van der Waals surface area contributed by atoms with Crippen molar-refractivity contribution in [1.82, 2.24) is 0 Å². The van der Waals surface area contributed by atoms with Crippen molar-refractivity contribution in [3.63, 3.8) is 0 Å². The van der Waals surface area contributed by atoms with Gasteiger partial charge >= 0.3 is 0 Å². The third kappa shape index (κ3) is 4.07. The maximum absolute atomic E-state index is 11.1. The van der Waals surface area contributed by atoms with Crippen molar-refractivity contribution in [3.05, 3.63) is 24.3 Å². The second-order valence-electron chi connectivity index (χ2n) is 4.20. The summed E-state index contributed by atoms with van der Waals surface area (Å²) < 4.78 is 0. The van der Waals surface area contributed by atoms with Crippen LogP contribution in [0.1, 0.15) is 20.3 Å². The van der Waals surface area contributed by atoms with Gasteiger partial charge in [-0.1, -0.05) is 6.92 Å². The minimum atomic E-state index is 0.304. The molecule has 1 aromatic carbocycles. The predicted octanol–water partition coefficient (Wildman–Crippen LogP) is 2.56. The van der Waals surface area contributed by atoms with Crippen LogP contribution in [0.5, 0.6) is 0 Å². The second kappa shape index (κ2) is 7.06. The molecular formula is C13H19N3OS. The molecule has 5 heteroatoms. The molecule has 0 aliphatic carbocycles. The van der Waals surface area contributed by atoms with Crippen LogP contribution in [0, 0.1) is 5.92 Å². The van der Waals surface area contributed by atoms with Gasteiger partial charge in [0.05, 0.1) is 5.69 Å². The predicted molar refractivity (Wildman–Crippen MR) is 80.1 cm³/mol. The van der Waals surface area contributed by atoms with E-state index in [0.29, 0.717) is 23.7 Å². The molecule has 1 amide bonds. The van der Waals surface area contributed by atoms with E-state index in [2.05, 4.69) is 24.7 Å². The fraction of sp³-hybridized carbons (Fsp3) is 0.385. The van der Waals surface area contributed by atoms with Crippen LogP contribution >= 0.6 is 12.6 Å². The molecule has 0 aliphatic rings. The van der Waals surface area contributed by atoms with Crippen LogP contribution in [0.2, 0.25) is 0 Å². The highest BCUT2D eigenvalue weighted by Gasteiger charge is 2.08. The van der Waals surface area contributed by atoms with Crippen LogP contribution in [-0.2, 0) is 4.79 Å². The summed E-state index contributed by atoms with van der Waals surface area (Å²) in [5.41, 5.74) is 7.88. The van der Waals surface area contributed by atoms with Crippen molar-refractivity contribution in [3.8, 4) is 0 Å². The number of rotatable bonds is 6. The summed E-state index contributed by atoms with van der Waals surface area (Å²) in [6, 6.07) is 7.02. The number of carbonyl (C=O) groups is 1. The number of anilines is 2. The number of thiol groups is 1. The molecule has 0 saturated heterocycles. The van der Waals surface area contributed by atoms with Gasteiger partial charge in [0.1, 0.15) is 0 Å². The second-order valence-corrected chi connectivity index (χ2v) is 4.64. The van der Waals surface area contributed by atoms with Gasteiger partial charge < -0.3 is 5.73 Å². The average Bonchev–Trinajstić information content (AvgIpc) is 2.37. The zero-order chi connectivity index (χ0) is 13.5. The molecule has 0 saturated carbocycles. The van der Waals surface area contributed by atoms with Crippen LogP contribution in [0.25, 0.3) is 0 Å². The molecule has 0 bridgehead atoms. The van der Waals surface area contributed by atoms with Crippen molar-refractivity contribution in [2.24, 2.45) is 11.0 Å². The molecule has 18 heavy (non-hydrogen) atoms. The van der Waals surface area contributed by atoms with E-state index in [1.807, 2.05) is 6.92 Å². The number of carbonyl (C=O) groups excluding carboxylic acids is 1. The van der Waals surface area contributed by atoms with Crippen LogP contribution in [0.3, 0.4) is 0 Å². The fourth-order valence-electron chi connectivity index (χ4n) is 1.44. The van der Waals surface area contributed by atoms with Gasteiger partial charge in [0, 0.05) is 11.4 Å². The molecular weight excluding hydrogens is 246 g/mol. The SMILES string of the molecule is C/C(=N/N(C=O)c1ccc(N)cc1)C(C)CCS. The van der Waals surface area contributed by atoms with Gasteiger partial charge in [0.15, 0.2) is 0 Å². The standard InChI is InChI=1S/C13H19N3OS/c1-10(7-8-18)11(2)15-16(9-17)13-5-3-12(14)4-6-13/h3-6,9-10,18H,7-8,14H2,1-2H3/b15-11-. The summed E-state index contributed by atoms with van der Waals surface area (Å²) in [7, 11) is 0. The van der Waals surface area contributed by atoms with E-state index in [4.69, 9.17) is 5.73 Å².